The Bertz CT molecular complexity index is 749. The molecule has 0 saturated heterocycles. The molecule has 1 amide bonds. The lowest BCUT2D eigenvalue weighted by Gasteiger charge is -2.13. The summed E-state index contributed by atoms with van der Waals surface area (Å²) in [6.45, 7) is 6.07. The maximum atomic E-state index is 12.3. The van der Waals surface area contributed by atoms with Crippen LogP contribution < -0.4 is 5.32 Å². The van der Waals surface area contributed by atoms with Gasteiger partial charge in [0.15, 0.2) is 0 Å². The van der Waals surface area contributed by atoms with Crippen LogP contribution >= 0.6 is 0 Å². The van der Waals surface area contributed by atoms with Gasteiger partial charge < -0.3 is 15.0 Å². The Morgan fingerprint density at radius 2 is 1.87 bits per heavy atom. The number of nitrogens with one attached hydrogen (secondary N) is 1. The Labute approximate surface area is 135 Å². The van der Waals surface area contributed by atoms with Crippen molar-refractivity contribution in [2.24, 2.45) is 0 Å². The Kier molecular flexibility index (Phi) is 5.01. The van der Waals surface area contributed by atoms with Crippen LogP contribution in [0, 0.1) is 20.8 Å². The minimum atomic E-state index is -1.02. The van der Waals surface area contributed by atoms with Crippen LogP contribution in [0.5, 0.6) is 0 Å². The van der Waals surface area contributed by atoms with Gasteiger partial charge in [-0.05, 0) is 50.1 Å². The number of hydrogen-bond acceptors (Lipinski definition) is 2. The normalized spacial score (nSPS) is 10.9. The highest BCUT2D eigenvalue weighted by Crippen LogP contribution is 2.22. The van der Waals surface area contributed by atoms with Gasteiger partial charge in [-0.15, -0.1) is 0 Å². The van der Waals surface area contributed by atoms with Crippen LogP contribution in [0.3, 0.4) is 0 Å². The minimum Gasteiger partial charge on any atom is -0.478 e. The van der Waals surface area contributed by atoms with Crippen LogP contribution in [0.2, 0.25) is 0 Å². The van der Waals surface area contributed by atoms with E-state index in [0.29, 0.717) is 5.69 Å². The molecular formula is C18H20N2O3. The van der Waals surface area contributed by atoms with E-state index in [1.165, 1.54) is 6.08 Å². The number of carboxylic acids is 1. The summed E-state index contributed by atoms with van der Waals surface area (Å²) in [5.41, 5.74) is 4.70. The first-order valence-electron chi connectivity index (χ1n) is 7.30. The fraction of sp³-hybridized carbons (Fsp3) is 0.222. The third kappa shape index (κ3) is 4.32. The van der Waals surface area contributed by atoms with Crippen LogP contribution in [-0.4, -0.2) is 21.6 Å². The molecule has 0 saturated carbocycles. The highest BCUT2D eigenvalue weighted by atomic mass is 16.4. The summed E-state index contributed by atoms with van der Waals surface area (Å²) in [4.78, 5) is 22.9. The molecule has 0 fully saturated rings. The summed E-state index contributed by atoms with van der Waals surface area (Å²) in [5, 5.41) is 11.6. The minimum absolute atomic E-state index is 0.124. The van der Waals surface area contributed by atoms with Gasteiger partial charge in [0.1, 0.15) is 6.54 Å². The zero-order chi connectivity index (χ0) is 17.0. The topological polar surface area (TPSA) is 71.3 Å². The molecule has 0 aliphatic rings. The first-order chi connectivity index (χ1) is 10.9. The predicted octanol–water partition coefficient (Wildman–Crippen LogP) is 3.15. The molecule has 1 heterocycles. The number of carboxylic acid groups (broad SMARTS) is 1. The highest BCUT2D eigenvalue weighted by Gasteiger charge is 2.10. The summed E-state index contributed by atoms with van der Waals surface area (Å²) in [5.74, 6) is -1.17. The molecule has 0 spiro atoms. The van der Waals surface area contributed by atoms with Gasteiger partial charge in [0.05, 0.1) is 0 Å². The van der Waals surface area contributed by atoms with Crippen molar-refractivity contribution in [3.8, 4) is 0 Å². The average molecular weight is 312 g/mol. The van der Waals surface area contributed by atoms with E-state index >= 15 is 0 Å². The van der Waals surface area contributed by atoms with Gasteiger partial charge in [-0.3, -0.25) is 4.79 Å². The van der Waals surface area contributed by atoms with Crippen LogP contribution in [-0.2, 0) is 16.1 Å². The van der Waals surface area contributed by atoms with Gasteiger partial charge in [-0.2, -0.15) is 0 Å². The molecule has 2 rings (SSSR count). The van der Waals surface area contributed by atoms with E-state index in [1.54, 1.807) is 22.9 Å². The van der Waals surface area contributed by atoms with Crippen molar-refractivity contribution in [2.75, 3.05) is 5.32 Å². The number of rotatable bonds is 5. The van der Waals surface area contributed by atoms with Gasteiger partial charge in [0.2, 0.25) is 5.91 Å². The van der Waals surface area contributed by atoms with Crippen LogP contribution in [0.25, 0.3) is 6.08 Å². The molecule has 0 radical (unpaired) electrons. The van der Waals surface area contributed by atoms with E-state index in [4.69, 9.17) is 5.11 Å². The molecule has 5 nitrogen and oxygen atoms in total. The van der Waals surface area contributed by atoms with Crippen LogP contribution in [0.15, 0.2) is 36.5 Å². The summed E-state index contributed by atoms with van der Waals surface area (Å²) >= 11 is 0. The lowest BCUT2D eigenvalue weighted by molar-refractivity contribution is -0.131. The maximum Gasteiger partial charge on any atom is 0.328 e. The lowest BCUT2D eigenvalue weighted by atomic mass is 10.1. The summed E-state index contributed by atoms with van der Waals surface area (Å²) in [6, 6.07) is 7.59. The predicted molar refractivity (Wildman–Crippen MR) is 90.4 cm³/mol. The summed E-state index contributed by atoms with van der Waals surface area (Å²) in [6.07, 6.45) is 4.27. The first-order valence-corrected chi connectivity index (χ1v) is 7.30. The fourth-order valence-electron chi connectivity index (χ4n) is 2.59. The van der Waals surface area contributed by atoms with Crippen molar-refractivity contribution in [1.29, 1.82) is 0 Å². The number of aryl methyl sites for hydroxylation is 3. The quantitative estimate of drug-likeness (QED) is 0.833. The SMILES string of the molecule is Cc1cc(C)c(NC(=O)Cn2cccc2/C=C/C(=O)O)c(C)c1. The standard InChI is InChI=1S/C18H20N2O3/c1-12-9-13(2)18(14(3)10-12)19-16(21)11-20-8-4-5-15(20)6-7-17(22)23/h4-10H,11H2,1-3H3,(H,19,21)(H,22,23)/b7-6+. The lowest BCUT2D eigenvalue weighted by Crippen LogP contribution is -2.20. The third-order valence-electron chi connectivity index (χ3n) is 3.52. The Hall–Kier alpha value is -2.82. The third-order valence-corrected chi connectivity index (χ3v) is 3.52. The number of amides is 1. The largest absolute Gasteiger partial charge is 0.478 e. The Balaban J connectivity index is 2.12. The van der Waals surface area contributed by atoms with Crippen molar-refractivity contribution in [3.05, 3.63) is 58.9 Å². The number of hydrogen-bond donors (Lipinski definition) is 2. The molecule has 1 aromatic carbocycles. The number of nitrogens with zero attached hydrogens (tertiary/aromatic N) is 1. The molecule has 2 N–H and O–H groups in total. The molecule has 1 aromatic heterocycles. The molecule has 23 heavy (non-hydrogen) atoms. The van der Waals surface area contributed by atoms with Crippen molar-refractivity contribution >= 4 is 23.6 Å². The van der Waals surface area contributed by atoms with Crippen molar-refractivity contribution in [3.63, 3.8) is 0 Å². The zero-order valence-electron chi connectivity index (χ0n) is 13.5. The van der Waals surface area contributed by atoms with E-state index < -0.39 is 5.97 Å². The second-order valence-electron chi connectivity index (χ2n) is 5.55. The number of aromatic nitrogens is 1. The molecule has 120 valence electrons. The van der Waals surface area contributed by atoms with Gasteiger partial charge in [0.25, 0.3) is 0 Å². The van der Waals surface area contributed by atoms with E-state index in [1.807, 2.05) is 32.9 Å². The number of benzene rings is 1. The highest BCUT2D eigenvalue weighted by molar-refractivity contribution is 5.92. The van der Waals surface area contributed by atoms with E-state index in [2.05, 4.69) is 5.32 Å². The van der Waals surface area contributed by atoms with Gasteiger partial charge in [0, 0.05) is 23.7 Å². The molecule has 0 atom stereocenters. The number of anilines is 1. The van der Waals surface area contributed by atoms with Crippen LogP contribution in [0.4, 0.5) is 5.69 Å². The second kappa shape index (κ2) is 6.96. The fourth-order valence-corrected chi connectivity index (χ4v) is 2.59. The molecule has 2 aromatic rings. The van der Waals surface area contributed by atoms with E-state index in [9.17, 15) is 9.59 Å². The number of carbonyl (C=O) groups excluding carboxylic acids is 1. The number of carbonyl (C=O) groups is 2. The van der Waals surface area contributed by atoms with E-state index in [-0.39, 0.29) is 12.5 Å². The van der Waals surface area contributed by atoms with Crippen molar-refractivity contribution in [1.82, 2.24) is 4.57 Å². The van der Waals surface area contributed by atoms with Gasteiger partial charge in [-0.1, -0.05) is 17.7 Å². The Morgan fingerprint density at radius 1 is 1.22 bits per heavy atom. The zero-order valence-corrected chi connectivity index (χ0v) is 13.5. The van der Waals surface area contributed by atoms with Crippen LogP contribution in [0.1, 0.15) is 22.4 Å². The summed E-state index contributed by atoms with van der Waals surface area (Å²) < 4.78 is 1.70. The van der Waals surface area contributed by atoms with E-state index in [0.717, 1.165) is 28.5 Å². The van der Waals surface area contributed by atoms with Gasteiger partial charge >= 0.3 is 5.97 Å². The monoisotopic (exact) mass is 312 g/mol. The first kappa shape index (κ1) is 16.5. The van der Waals surface area contributed by atoms with Crippen molar-refractivity contribution in [2.45, 2.75) is 27.3 Å². The molecule has 0 unspecified atom stereocenters. The van der Waals surface area contributed by atoms with Gasteiger partial charge in [-0.25, -0.2) is 4.79 Å². The van der Waals surface area contributed by atoms with Crippen molar-refractivity contribution < 1.29 is 14.7 Å². The smallest absolute Gasteiger partial charge is 0.328 e. The maximum absolute atomic E-state index is 12.3. The number of aliphatic carboxylic acids is 1. The molecule has 0 bridgehead atoms. The average Bonchev–Trinajstić information content (AvgIpc) is 2.87. The Morgan fingerprint density at radius 3 is 2.48 bits per heavy atom. The second-order valence-corrected chi connectivity index (χ2v) is 5.55. The molecule has 0 aliphatic carbocycles. The molecular weight excluding hydrogens is 292 g/mol. The molecule has 5 heteroatoms. The summed E-state index contributed by atoms with van der Waals surface area (Å²) in [7, 11) is 0. The molecule has 0 aliphatic heterocycles.